The van der Waals surface area contributed by atoms with Crippen LogP contribution in [0.15, 0.2) is 18.2 Å². The first-order valence-corrected chi connectivity index (χ1v) is 6.41. The zero-order chi connectivity index (χ0) is 13.0. The minimum absolute atomic E-state index is 0.00782. The number of ketones is 1. The Morgan fingerprint density at radius 2 is 2.06 bits per heavy atom. The molecule has 2 aliphatic rings. The van der Waals surface area contributed by atoms with E-state index in [-0.39, 0.29) is 22.6 Å². The quantitative estimate of drug-likeness (QED) is 0.699. The fourth-order valence-electron chi connectivity index (χ4n) is 3.32. The zero-order valence-electron chi connectivity index (χ0n) is 10.8. The van der Waals surface area contributed by atoms with Crippen LogP contribution in [0.3, 0.4) is 0 Å². The Morgan fingerprint density at radius 1 is 1.28 bits per heavy atom. The highest BCUT2D eigenvalue weighted by Crippen LogP contribution is 2.50. The number of halogens is 1. The lowest BCUT2D eigenvalue weighted by Gasteiger charge is -2.35. The molecule has 0 bridgehead atoms. The Hall–Kier alpha value is -1.38. The second-order valence-corrected chi connectivity index (χ2v) is 6.37. The molecule has 1 heterocycles. The fraction of sp³-hybridized carbons (Fsp3) is 0.533. The summed E-state index contributed by atoms with van der Waals surface area (Å²) < 4.78 is 19.2. The number of Topliss-reactive ketones (excluding diaryl/α,β-unsaturated/α-hetero) is 1. The van der Waals surface area contributed by atoms with Gasteiger partial charge in [-0.05, 0) is 42.9 Å². The molecule has 3 heteroatoms. The van der Waals surface area contributed by atoms with Crippen LogP contribution in [0.25, 0.3) is 0 Å². The molecule has 96 valence electrons. The van der Waals surface area contributed by atoms with Crippen molar-refractivity contribution in [3.8, 4) is 5.75 Å². The highest BCUT2D eigenvalue weighted by molar-refractivity contribution is 6.00. The van der Waals surface area contributed by atoms with Gasteiger partial charge in [0.05, 0.1) is 12.0 Å². The first kappa shape index (κ1) is 11.7. The maximum Gasteiger partial charge on any atom is 0.170 e. The van der Waals surface area contributed by atoms with Crippen LogP contribution in [0.5, 0.6) is 5.75 Å². The van der Waals surface area contributed by atoms with Crippen molar-refractivity contribution >= 4 is 5.78 Å². The van der Waals surface area contributed by atoms with Crippen molar-refractivity contribution in [2.75, 3.05) is 0 Å². The maximum atomic E-state index is 13.2. The van der Waals surface area contributed by atoms with Gasteiger partial charge in [0.15, 0.2) is 5.78 Å². The average Bonchev–Trinajstić information content (AvgIpc) is 2.56. The van der Waals surface area contributed by atoms with Crippen LogP contribution in [0.1, 0.15) is 49.9 Å². The van der Waals surface area contributed by atoms with Crippen LogP contribution in [0.4, 0.5) is 4.39 Å². The van der Waals surface area contributed by atoms with Crippen LogP contribution in [-0.2, 0) is 0 Å². The molecule has 0 aromatic heterocycles. The van der Waals surface area contributed by atoms with Gasteiger partial charge >= 0.3 is 0 Å². The first-order chi connectivity index (χ1) is 8.39. The SMILES string of the molecule is CC1(C)CCC2(CC(=O)c3cc(F)ccc3O2)C1. The summed E-state index contributed by atoms with van der Waals surface area (Å²) in [6.45, 7) is 4.41. The number of benzene rings is 1. The third-order valence-electron chi connectivity index (χ3n) is 4.11. The van der Waals surface area contributed by atoms with Crippen LogP contribution >= 0.6 is 0 Å². The molecule has 1 aromatic rings. The molecule has 1 fully saturated rings. The molecule has 0 saturated heterocycles. The number of rotatable bonds is 0. The van der Waals surface area contributed by atoms with E-state index in [1.165, 1.54) is 12.1 Å². The van der Waals surface area contributed by atoms with Crippen LogP contribution in [0, 0.1) is 11.2 Å². The molecular weight excluding hydrogens is 231 g/mol. The normalized spacial score (nSPS) is 29.2. The van der Waals surface area contributed by atoms with Gasteiger partial charge in [0, 0.05) is 0 Å². The average molecular weight is 248 g/mol. The van der Waals surface area contributed by atoms with Gasteiger partial charge in [0.1, 0.15) is 17.2 Å². The Labute approximate surface area is 106 Å². The summed E-state index contributed by atoms with van der Waals surface area (Å²) in [5, 5.41) is 0. The first-order valence-electron chi connectivity index (χ1n) is 6.41. The smallest absolute Gasteiger partial charge is 0.170 e. The van der Waals surface area contributed by atoms with Crippen LogP contribution < -0.4 is 4.74 Å². The second-order valence-electron chi connectivity index (χ2n) is 6.37. The second kappa shape index (κ2) is 3.56. The standard InChI is InChI=1S/C15H17FO2/c1-14(2)5-6-15(9-14)8-12(17)11-7-10(16)3-4-13(11)18-15/h3-4,7H,5-6,8-9H2,1-2H3. The summed E-state index contributed by atoms with van der Waals surface area (Å²) in [5.41, 5.74) is 0.258. The summed E-state index contributed by atoms with van der Waals surface area (Å²) in [7, 11) is 0. The van der Waals surface area contributed by atoms with E-state index >= 15 is 0 Å². The molecule has 1 aliphatic heterocycles. The summed E-state index contributed by atoms with van der Waals surface area (Å²) in [6.07, 6.45) is 3.24. The number of fused-ring (bicyclic) bond motifs is 1. The number of carbonyl (C=O) groups is 1. The van der Waals surface area contributed by atoms with E-state index in [1.54, 1.807) is 6.07 Å². The van der Waals surface area contributed by atoms with Gasteiger partial charge in [-0.2, -0.15) is 0 Å². The van der Waals surface area contributed by atoms with Crippen molar-refractivity contribution in [3.63, 3.8) is 0 Å². The molecule has 2 nitrogen and oxygen atoms in total. The number of hydrogen-bond donors (Lipinski definition) is 0. The minimum atomic E-state index is -0.381. The summed E-state index contributed by atoms with van der Waals surface area (Å²) in [4.78, 5) is 12.2. The summed E-state index contributed by atoms with van der Waals surface area (Å²) in [6, 6.07) is 4.21. The lowest BCUT2D eigenvalue weighted by atomic mass is 9.84. The van der Waals surface area contributed by atoms with Crippen molar-refractivity contribution < 1.29 is 13.9 Å². The molecule has 3 rings (SSSR count). The molecule has 1 atom stereocenters. The Kier molecular flexibility index (Phi) is 2.31. The van der Waals surface area contributed by atoms with E-state index in [9.17, 15) is 9.18 Å². The monoisotopic (exact) mass is 248 g/mol. The lowest BCUT2D eigenvalue weighted by molar-refractivity contribution is 0.0384. The molecular formula is C15H17FO2. The fourth-order valence-corrected chi connectivity index (χ4v) is 3.32. The van der Waals surface area contributed by atoms with E-state index < -0.39 is 0 Å². The Balaban J connectivity index is 1.98. The van der Waals surface area contributed by atoms with Gasteiger partial charge in [0.2, 0.25) is 0 Å². The molecule has 1 unspecified atom stereocenters. The summed E-state index contributed by atoms with van der Waals surface area (Å²) >= 11 is 0. The lowest BCUT2D eigenvalue weighted by Crippen LogP contribution is -2.40. The van der Waals surface area contributed by atoms with Crippen molar-refractivity contribution in [1.82, 2.24) is 0 Å². The molecule has 18 heavy (non-hydrogen) atoms. The van der Waals surface area contributed by atoms with Crippen molar-refractivity contribution in [2.24, 2.45) is 5.41 Å². The van der Waals surface area contributed by atoms with Crippen LogP contribution in [0.2, 0.25) is 0 Å². The highest BCUT2D eigenvalue weighted by Gasteiger charge is 2.49. The van der Waals surface area contributed by atoms with E-state index in [0.717, 1.165) is 19.3 Å². The number of ether oxygens (including phenoxy) is 1. The van der Waals surface area contributed by atoms with Gasteiger partial charge < -0.3 is 4.74 Å². The molecule has 0 radical (unpaired) electrons. The predicted octanol–water partition coefficient (Wildman–Crippen LogP) is 3.74. The summed E-state index contributed by atoms with van der Waals surface area (Å²) in [5.74, 6) is 0.173. The van der Waals surface area contributed by atoms with E-state index in [0.29, 0.717) is 17.7 Å². The molecule has 0 amide bonds. The van der Waals surface area contributed by atoms with Crippen molar-refractivity contribution in [1.29, 1.82) is 0 Å². The van der Waals surface area contributed by atoms with E-state index in [4.69, 9.17) is 4.74 Å². The molecule has 1 aliphatic carbocycles. The Morgan fingerprint density at radius 3 is 2.72 bits per heavy atom. The van der Waals surface area contributed by atoms with Crippen LogP contribution in [-0.4, -0.2) is 11.4 Å². The minimum Gasteiger partial charge on any atom is -0.486 e. The van der Waals surface area contributed by atoms with Gasteiger partial charge in [-0.15, -0.1) is 0 Å². The van der Waals surface area contributed by atoms with E-state index in [1.807, 2.05) is 0 Å². The van der Waals surface area contributed by atoms with E-state index in [2.05, 4.69) is 13.8 Å². The molecule has 1 spiro atoms. The molecule has 1 aromatic carbocycles. The number of carbonyl (C=O) groups excluding carboxylic acids is 1. The predicted molar refractivity (Wildman–Crippen MR) is 66.3 cm³/mol. The number of hydrogen-bond acceptors (Lipinski definition) is 2. The largest absolute Gasteiger partial charge is 0.486 e. The van der Waals surface area contributed by atoms with Crippen molar-refractivity contribution in [3.05, 3.63) is 29.6 Å². The van der Waals surface area contributed by atoms with Crippen molar-refractivity contribution in [2.45, 2.75) is 45.1 Å². The highest BCUT2D eigenvalue weighted by atomic mass is 19.1. The topological polar surface area (TPSA) is 26.3 Å². The molecule has 0 N–H and O–H groups in total. The van der Waals surface area contributed by atoms with Gasteiger partial charge in [0.25, 0.3) is 0 Å². The van der Waals surface area contributed by atoms with Gasteiger partial charge in [-0.25, -0.2) is 4.39 Å². The van der Waals surface area contributed by atoms with Gasteiger partial charge in [-0.1, -0.05) is 13.8 Å². The third-order valence-corrected chi connectivity index (χ3v) is 4.11. The van der Waals surface area contributed by atoms with Gasteiger partial charge in [-0.3, -0.25) is 4.79 Å². The zero-order valence-corrected chi connectivity index (χ0v) is 10.8. The molecule has 1 saturated carbocycles. The maximum absolute atomic E-state index is 13.2. The Bertz CT molecular complexity index is 521. The third kappa shape index (κ3) is 1.82.